The molecule has 0 aliphatic heterocycles. The van der Waals surface area contributed by atoms with Crippen molar-refractivity contribution in [2.24, 2.45) is 10.7 Å². The lowest BCUT2D eigenvalue weighted by Gasteiger charge is -2.18. The Hall–Kier alpha value is -2.76. The lowest BCUT2D eigenvalue weighted by Crippen LogP contribution is -2.23. The molecule has 2 aromatic carbocycles. The first-order valence-electron chi connectivity index (χ1n) is 8.03. The molecule has 27 heavy (non-hydrogen) atoms. The van der Waals surface area contributed by atoms with Crippen LogP contribution in [0.15, 0.2) is 64.3 Å². The molecule has 0 spiro atoms. The second kappa shape index (κ2) is 7.47. The maximum absolute atomic E-state index is 12.5. The van der Waals surface area contributed by atoms with Crippen LogP contribution in [0, 0.1) is 0 Å². The quantitative estimate of drug-likeness (QED) is 0.660. The van der Waals surface area contributed by atoms with Crippen LogP contribution in [0.5, 0.6) is 11.5 Å². The zero-order chi connectivity index (χ0) is 19.7. The fraction of sp³-hybridized carbons (Fsp3) is 0.100. The van der Waals surface area contributed by atoms with Crippen LogP contribution in [-0.2, 0) is 11.2 Å². The van der Waals surface area contributed by atoms with E-state index in [0.717, 1.165) is 5.56 Å². The van der Waals surface area contributed by atoms with E-state index in [-0.39, 0.29) is 33.0 Å². The average molecular weight is 403 g/mol. The van der Waals surface area contributed by atoms with Gasteiger partial charge in [-0.1, -0.05) is 29.3 Å². The number of allylic oxidation sites excluding steroid dienone is 3. The molecule has 0 saturated heterocycles. The normalized spacial score (nSPS) is 16.0. The van der Waals surface area contributed by atoms with Crippen LogP contribution >= 0.6 is 23.2 Å². The minimum atomic E-state index is -0.197. The van der Waals surface area contributed by atoms with Gasteiger partial charge >= 0.3 is 0 Å². The van der Waals surface area contributed by atoms with Gasteiger partial charge in [0.25, 0.3) is 0 Å². The number of carbonyl (C=O) groups excluding carboxylic acids is 1. The highest BCUT2D eigenvalue weighted by molar-refractivity contribution is 6.32. The predicted molar refractivity (Wildman–Crippen MR) is 107 cm³/mol. The van der Waals surface area contributed by atoms with Crippen molar-refractivity contribution in [2.45, 2.75) is 13.3 Å². The Bertz CT molecular complexity index is 1040. The number of phenolic OH excluding ortho intramolecular Hbond substituents is 2. The molecule has 0 fully saturated rings. The molecule has 7 heteroatoms. The van der Waals surface area contributed by atoms with Crippen LogP contribution in [0.3, 0.4) is 0 Å². The first-order valence-corrected chi connectivity index (χ1v) is 8.78. The van der Waals surface area contributed by atoms with Gasteiger partial charge in [0.05, 0.1) is 27.1 Å². The van der Waals surface area contributed by atoms with Crippen molar-refractivity contribution in [3.63, 3.8) is 0 Å². The molecule has 0 unspecified atom stereocenters. The third-order valence-corrected chi connectivity index (χ3v) is 4.84. The number of benzene rings is 2. The molecule has 0 amide bonds. The number of phenols is 2. The minimum Gasteiger partial charge on any atom is -0.506 e. The fourth-order valence-corrected chi connectivity index (χ4v) is 3.15. The Labute approximate surface area is 166 Å². The summed E-state index contributed by atoms with van der Waals surface area (Å²) in [6, 6.07) is 9.35. The summed E-state index contributed by atoms with van der Waals surface area (Å²) in [5, 5.41) is 19.5. The van der Waals surface area contributed by atoms with E-state index in [0.29, 0.717) is 29.0 Å². The molecule has 0 bridgehead atoms. The van der Waals surface area contributed by atoms with Gasteiger partial charge < -0.3 is 15.9 Å². The molecule has 138 valence electrons. The molecule has 4 N–H and O–H groups in total. The standard InChI is InChI=1S/C20H16Cl2N2O3/c1-10-13(6-11-2-4-17(25)14(21)7-11)19(27)9-16(23)20(10)24-12-3-5-18(26)15(22)8-12/h2-5,7-9,25-26H,6,23H2,1H3. The van der Waals surface area contributed by atoms with E-state index in [1.54, 1.807) is 25.1 Å². The summed E-state index contributed by atoms with van der Waals surface area (Å²) in [5.74, 6) is -0.256. The van der Waals surface area contributed by atoms with Gasteiger partial charge in [-0.2, -0.15) is 0 Å². The van der Waals surface area contributed by atoms with E-state index < -0.39 is 0 Å². The number of nitrogens with two attached hydrogens (primary N) is 1. The Kier molecular flexibility index (Phi) is 5.26. The molecule has 0 heterocycles. The van der Waals surface area contributed by atoms with E-state index in [4.69, 9.17) is 28.9 Å². The lowest BCUT2D eigenvalue weighted by molar-refractivity contribution is -0.111. The van der Waals surface area contributed by atoms with Gasteiger partial charge in [0.1, 0.15) is 11.5 Å². The molecular formula is C20H16Cl2N2O3. The fourth-order valence-electron chi connectivity index (χ4n) is 2.77. The summed E-state index contributed by atoms with van der Waals surface area (Å²) in [6.45, 7) is 1.77. The van der Waals surface area contributed by atoms with Crippen molar-refractivity contribution < 1.29 is 15.0 Å². The van der Waals surface area contributed by atoms with E-state index >= 15 is 0 Å². The average Bonchev–Trinajstić information content (AvgIpc) is 2.61. The summed E-state index contributed by atoms with van der Waals surface area (Å²) >= 11 is 11.9. The Morgan fingerprint density at radius 1 is 1.04 bits per heavy atom. The number of hydrogen-bond donors (Lipinski definition) is 3. The maximum Gasteiger partial charge on any atom is 0.184 e. The Morgan fingerprint density at radius 2 is 1.67 bits per heavy atom. The Balaban J connectivity index is 2.02. The van der Waals surface area contributed by atoms with E-state index in [2.05, 4.69) is 4.99 Å². The number of aromatic hydroxyl groups is 2. The number of rotatable bonds is 3. The summed E-state index contributed by atoms with van der Waals surface area (Å²) in [5.41, 5.74) is 9.21. The van der Waals surface area contributed by atoms with Gasteiger partial charge in [0.2, 0.25) is 0 Å². The second-order valence-corrected chi connectivity index (χ2v) is 6.94. The van der Waals surface area contributed by atoms with Crippen LogP contribution in [0.25, 0.3) is 0 Å². The van der Waals surface area contributed by atoms with Gasteiger partial charge in [-0.05, 0) is 48.4 Å². The molecule has 0 saturated carbocycles. The van der Waals surface area contributed by atoms with Gasteiger partial charge in [-0.15, -0.1) is 0 Å². The van der Waals surface area contributed by atoms with Crippen LogP contribution in [0.2, 0.25) is 10.0 Å². The number of nitrogens with zero attached hydrogens (tertiary/aromatic N) is 1. The van der Waals surface area contributed by atoms with E-state index in [9.17, 15) is 15.0 Å². The molecule has 1 aliphatic carbocycles. The smallest absolute Gasteiger partial charge is 0.184 e. The second-order valence-electron chi connectivity index (χ2n) is 6.13. The molecular weight excluding hydrogens is 387 g/mol. The third-order valence-electron chi connectivity index (χ3n) is 4.23. The maximum atomic E-state index is 12.5. The zero-order valence-electron chi connectivity index (χ0n) is 14.3. The van der Waals surface area contributed by atoms with Crippen molar-refractivity contribution in [3.8, 4) is 11.5 Å². The lowest BCUT2D eigenvalue weighted by atomic mass is 9.89. The number of halogens is 2. The molecule has 0 aromatic heterocycles. The molecule has 1 aliphatic rings. The predicted octanol–water partition coefficient (Wildman–Crippen LogP) is 4.46. The third kappa shape index (κ3) is 3.99. The first-order chi connectivity index (χ1) is 12.8. The van der Waals surface area contributed by atoms with Crippen molar-refractivity contribution >= 4 is 40.4 Å². The monoisotopic (exact) mass is 402 g/mol. The summed E-state index contributed by atoms with van der Waals surface area (Å²) in [6.07, 6.45) is 1.66. The SMILES string of the molecule is CC1=C(Cc2ccc(O)c(Cl)c2)C(=O)C=C(N)C1=Nc1ccc(O)c(Cl)c1. The van der Waals surface area contributed by atoms with Crippen LogP contribution in [0.1, 0.15) is 12.5 Å². The number of ketones is 1. The molecule has 2 aromatic rings. The van der Waals surface area contributed by atoms with Crippen molar-refractivity contribution in [1.82, 2.24) is 0 Å². The Morgan fingerprint density at radius 3 is 2.30 bits per heavy atom. The highest BCUT2D eigenvalue weighted by Gasteiger charge is 2.23. The van der Waals surface area contributed by atoms with Crippen molar-refractivity contribution in [3.05, 3.63) is 74.9 Å². The summed E-state index contributed by atoms with van der Waals surface area (Å²) in [4.78, 5) is 17.0. The first kappa shape index (κ1) is 19.0. The number of carbonyl (C=O) groups is 1. The van der Waals surface area contributed by atoms with Gasteiger partial charge in [0.15, 0.2) is 5.78 Å². The number of aliphatic imine (C=N–C) groups is 1. The zero-order valence-corrected chi connectivity index (χ0v) is 15.8. The van der Waals surface area contributed by atoms with E-state index in [1.165, 1.54) is 24.3 Å². The minimum absolute atomic E-state index is 0.0170. The molecule has 3 rings (SSSR count). The highest BCUT2D eigenvalue weighted by atomic mass is 35.5. The van der Waals surface area contributed by atoms with E-state index in [1.807, 2.05) is 0 Å². The molecule has 0 atom stereocenters. The van der Waals surface area contributed by atoms with Gasteiger partial charge in [-0.3, -0.25) is 4.79 Å². The molecule has 0 radical (unpaired) electrons. The summed E-state index contributed by atoms with van der Waals surface area (Å²) in [7, 11) is 0. The van der Waals surface area contributed by atoms with Crippen LogP contribution in [-0.4, -0.2) is 21.7 Å². The summed E-state index contributed by atoms with van der Waals surface area (Å²) < 4.78 is 0. The van der Waals surface area contributed by atoms with Crippen LogP contribution in [0.4, 0.5) is 5.69 Å². The topological polar surface area (TPSA) is 95.9 Å². The molecule has 5 nitrogen and oxygen atoms in total. The number of hydrogen-bond acceptors (Lipinski definition) is 5. The van der Waals surface area contributed by atoms with Crippen molar-refractivity contribution in [2.75, 3.05) is 0 Å². The van der Waals surface area contributed by atoms with Gasteiger partial charge in [0, 0.05) is 18.1 Å². The van der Waals surface area contributed by atoms with Crippen LogP contribution < -0.4 is 5.73 Å². The highest BCUT2D eigenvalue weighted by Crippen LogP contribution is 2.31. The van der Waals surface area contributed by atoms with Gasteiger partial charge in [-0.25, -0.2) is 4.99 Å². The largest absolute Gasteiger partial charge is 0.506 e. The van der Waals surface area contributed by atoms with Crippen molar-refractivity contribution in [1.29, 1.82) is 0 Å².